The van der Waals surface area contributed by atoms with Crippen LogP contribution in [0.15, 0.2) is 54.7 Å². The van der Waals surface area contributed by atoms with Gasteiger partial charge < -0.3 is 15.8 Å². The number of H-pyrrole nitrogens is 1. The number of hydrogen-bond acceptors (Lipinski definition) is 8. The maximum absolute atomic E-state index is 12.3. The highest BCUT2D eigenvalue weighted by Gasteiger charge is 2.11. The number of anilines is 3. The molecule has 0 radical (unpaired) electrons. The molecule has 0 aliphatic carbocycles. The fourth-order valence-corrected chi connectivity index (χ4v) is 2.49. The number of nitrogen functional groups attached to an aromatic ring is 1. The van der Waals surface area contributed by atoms with Crippen molar-refractivity contribution in [2.45, 2.75) is 6.61 Å². The van der Waals surface area contributed by atoms with Crippen molar-refractivity contribution in [1.82, 2.24) is 25.1 Å². The van der Waals surface area contributed by atoms with Crippen LogP contribution in [-0.4, -0.2) is 31.1 Å². The maximum atomic E-state index is 12.3. The third kappa shape index (κ3) is 3.82. The number of benzene rings is 2. The predicted molar refractivity (Wildman–Crippen MR) is 99.2 cm³/mol. The fourth-order valence-electron chi connectivity index (χ4n) is 2.49. The monoisotopic (exact) mass is 361 g/mol. The summed E-state index contributed by atoms with van der Waals surface area (Å²) in [6.07, 6.45) is 1.68. The summed E-state index contributed by atoms with van der Waals surface area (Å²) in [7, 11) is 0. The molecule has 0 spiro atoms. The molecule has 0 fully saturated rings. The zero-order valence-electron chi connectivity index (χ0n) is 14.1. The molecule has 134 valence electrons. The lowest BCUT2D eigenvalue weighted by atomic mass is 10.2. The largest absolute Gasteiger partial charge is 0.454 e. The highest BCUT2D eigenvalue weighted by molar-refractivity contribution is 5.94. The molecule has 9 heteroatoms. The summed E-state index contributed by atoms with van der Waals surface area (Å²) >= 11 is 0. The van der Waals surface area contributed by atoms with Crippen LogP contribution >= 0.6 is 0 Å². The molecule has 2 aromatic heterocycles. The van der Waals surface area contributed by atoms with Crippen LogP contribution in [0.2, 0.25) is 0 Å². The molecule has 0 saturated carbocycles. The van der Waals surface area contributed by atoms with Crippen molar-refractivity contribution in [3.8, 4) is 0 Å². The first-order chi connectivity index (χ1) is 13.2. The normalized spacial score (nSPS) is 10.7. The number of nitrogens with two attached hydrogens (primary N) is 1. The van der Waals surface area contributed by atoms with Gasteiger partial charge in [-0.25, -0.2) is 4.79 Å². The Balaban J connectivity index is 1.46. The molecule has 0 bridgehead atoms. The lowest BCUT2D eigenvalue weighted by Crippen LogP contribution is -2.11. The first-order valence-electron chi connectivity index (χ1n) is 8.10. The van der Waals surface area contributed by atoms with Crippen LogP contribution in [0.4, 0.5) is 17.6 Å². The standard InChI is InChI=1S/C18H15N7O2/c19-17-22-15(23-18(24-17)21-13-4-2-1-3-5-13)10-27-16(26)11-6-7-12-9-20-25-14(12)8-11/h1-9H,10H2,(H,20,25)(H3,19,21,22,23,24). The number of rotatable bonds is 5. The number of nitrogens with one attached hydrogen (secondary N) is 2. The average Bonchev–Trinajstić information content (AvgIpc) is 3.14. The molecule has 0 aliphatic rings. The Hall–Kier alpha value is -4.01. The first kappa shape index (κ1) is 16.5. The number of fused-ring (bicyclic) bond motifs is 1. The lowest BCUT2D eigenvalue weighted by molar-refractivity contribution is 0.0462. The first-order valence-corrected chi connectivity index (χ1v) is 8.10. The second-order valence-corrected chi connectivity index (χ2v) is 5.67. The molecule has 4 rings (SSSR count). The molecule has 2 heterocycles. The topological polar surface area (TPSA) is 132 Å². The molecule has 0 amide bonds. The van der Waals surface area contributed by atoms with E-state index in [9.17, 15) is 4.79 Å². The molecule has 0 unspecified atom stereocenters. The number of esters is 1. The van der Waals surface area contributed by atoms with Gasteiger partial charge in [-0.15, -0.1) is 0 Å². The van der Waals surface area contributed by atoms with E-state index in [1.807, 2.05) is 30.3 Å². The van der Waals surface area contributed by atoms with E-state index in [0.29, 0.717) is 5.56 Å². The van der Waals surface area contributed by atoms with Crippen LogP contribution in [0, 0.1) is 0 Å². The second-order valence-electron chi connectivity index (χ2n) is 5.67. The molecule has 0 aliphatic heterocycles. The molecule has 4 N–H and O–H groups in total. The second kappa shape index (κ2) is 7.08. The number of carbonyl (C=O) groups is 1. The van der Waals surface area contributed by atoms with Crippen LogP contribution in [0.1, 0.15) is 16.2 Å². The summed E-state index contributed by atoms with van der Waals surface area (Å²) in [4.78, 5) is 24.5. The number of nitrogens with zero attached hydrogens (tertiary/aromatic N) is 4. The Bertz CT molecular complexity index is 1100. The van der Waals surface area contributed by atoms with Crippen molar-refractivity contribution in [1.29, 1.82) is 0 Å². The quantitative estimate of drug-likeness (QED) is 0.462. The Kier molecular flexibility index (Phi) is 4.32. The van der Waals surface area contributed by atoms with E-state index < -0.39 is 5.97 Å². The smallest absolute Gasteiger partial charge is 0.338 e. The van der Waals surface area contributed by atoms with Gasteiger partial charge in [-0.3, -0.25) is 5.10 Å². The van der Waals surface area contributed by atoms with Gasteiger partial charge in [0.25, 0.3) is 0 Å². The van der Waals surface area contributed by atoms with Crippen LogP contribution in [0.3, 0.4) is 0 Å². The maximum Gasteiger partial charge on any atom is 0.338 e. The van der Waals surface area contributed by atoms with Gasteiger partial charge in [-0.1, -0.05) is 24.3 Å². The van der Waals surface area contributed by atoms with E-state index >= 15 is 0 Å². The summed E-state index contributed by atoms with van der Waals surface area (Å²) < 4.78 is 5.29. The molecule has 0 saturated heterocycles. The third-order valence-corrected chi connectivity index (χ3v) is 3.74. The number of para-hydroxylation sites is 1. The van der Waals surface area contributed by atoms with Crippen molar-refractivity contribution >= 4 is 34.5 Å². The Morgan fingerprint density at radius 1 is 1.11 bits per heavy atom. The molecule has 27 heavy (non-hydrogen) atoms. The summed E-state index contributed by atoms with van der Waals surface area (Å²) in [6.45, 7) is -0.129. The van der Waals surface area contributed by atoms with E-state index in [1.54, 1.807) is 24.4 Å². The summed E-state index contributed by atoms with van der Waals surface area (Å²) in [5, 5.41) is 10.7. The predicted octanol–water partition coefficient (Wildman–Crippen LogP) is 2.43. The van der Waals surface area contributed by atoms with E-state index in [-0.39, 0.29) is 24.3 Å². The minimum Gasteiger partial charge on any atom is -0.454 e. The number of aromatic nitrogens is 5. The van der Waals surface area contributed by atoms with E-state index in [2.05, 4.69) is 30.5 Å². The SMILES string of the molecule is Nc1nc(COC(=O)c2ccc3cn[nH]c3c2)nc(Nc2ccccc2)n1. The average molecular weight is 361 g/mol. The van der Waals surface area contributed by atoms with Crippen molar-refractivity contribution in [3.05, 3.63) is 66.1 Å². The van der Waals surface area contributed by atoms with Gasteiger partial charge in [0.2, 0.25) is 11.9 Å². The van der Waals surface area contributed by atoms with Crippen LogP contribution < -0.4 is 11.1 Å². The van der Waals surface area contributed by atoms with Crippen LogP contribution in [-0.2, 0) is 11.3 Å². The Morgan fingerprint density at radius 3 is 2.81 bits per heavy atom. The van der Waals surface area contributed by atoms with Crippen LogP contribution in [0.25, 0.3) is 10.9 Å². The Labute approximate surface area is 153 Å². The van der Waals surface area contributed by atoms with E-state index in [1.165, 1.54) is 0 Å². The minimum absolute atomic E-state index is 0.0355. The number of aromatic amines is 1. The van der Waals surface area contributed by atoms with Gasteiger partial charge in [0.15, 0.2) is 12.4 Å². The number of hydrogen-bond donors (Lipinski definition) is 3. The zero-order valence-corrected chi connectivity index (χ0v) is 14.1. The fraction of sp³-hybridized carbons (Fsp3) is 0.0556. The van der Waals surface area contributed by atoms with E-state index in [4.69, 9.17) is 10.5 Å². The highest BCUT2D eigenvalue weighted by atomic mass is 16.5. The molecular weight excluding hydrogens is 346 g/mol. The van der Waals surface area contributed by atoms with Crippen molar-refractivity contribution in [2.75, 3.05) is 11.1 Å². The summed E-state index contributed by atoms with van der Waals surface area (Å²) in [5.74, 6) is 0.0620. The van der Waals surface area contributed by atoms with Gasteiger partial charge >= 0.3 is 5.97 Å². The highest BCUT2D eigenvalue weighted by Crippen LogP contribution is 2.15. The van der Waals surface area contributed by atoms with E-state index in [0.717, 1.165) is 16.6 Å². The van der Waals surface area contributed by atoms with Gasteiger partial charge in [-0.05, 0) is 24.3 Å². The summed E-state index contributed by atoms with van der Waals surface area (Å²) in [6, 6.07) is 14.5. The van der Waals surface area contributed by atoms with Gasteiger partial charge in [0.1, 0.15) is 0 Å². The summed E-state index contributed by atoms with van der Waals surface area (Å²) in [5.41, 5.74) is 7.68. The zero-order chi connectivity index (χ0) is 18.6. The van der Waals surface area contributed by atoms with Crippen molar-refractivity contribution in [2.24, 2.45) is 0 Å². The molecule has 9 nitrogen and oxygen atoms in total. The Morgan fingerprint density at radius 2 is 1.96 bits per heavy atom. The third-order valence-electron chi connectivity index (χ3n) is 3.74. The minimum atomic E-state index is -0.497. The number of carbonyl (C=O) groups excluding carboxylic acids is 1. The molecule has 4 aromatic rings. The van der Waals surface area contributed by atoms with Gasteiger partial charge in [0, 0.05) is 11.1 Å². The number of ether oxygens (including phenoxy) is 1. The lowest BCUT2D eigenvalue weighted by Gasteiger charge is -2.08. The molecule has 2 aromatic carbocycles. The van der Waals surface area contributed by atoms with Gasteiger partial charge in [-0.2, -0.15) is 20.1 Å². The van der Waals surface area contributed by atoms with Crippen LogP contribution in [0.5, 0.6) is 0 Å². The molecule has 0 atom stereocenters. The van der Waals surface area contributed by atoms with Gasteiger partial charge in [0.05, 0.1) is 17.3 Å². The van der Waals surface area contributed by atoms with Crippen molar-refractivity contribution in [3.63, 3.8) is 0 Å². The van der Waals surface area contributed by atoms with Crippen molar-refractivity contribution < 1.29 is 9.53 Å². The molecular formula is C18H15N7O2.